The summed E-state index contributed by atoms with van der Waals surface area (Å²) in [6.07, 6.45) is 3.62. The van der Waals surface area contributed by atoms with Crippen molar-refractivity contribution in [3.8, 4) is 0 Å². The van der Waals surface area contributed by atoms with Crippen LogP contribution in [0.4, 0.5) is 5.69 Å². The van der Waals surface area contributed by atoms with E-state index < -0.39 is 15.9 Å². The van der Waals surface area contributed by atoms with Gasteiger partial charge in [0.15, 0.2) is 0 Å². The Kier molecular flexibility index (Phi) is 8.85. The fraction of sp³-hybridized carbons (Fsp3) is 0.391. The topological polar surface area (TPSA) is 105 Å². The van der Waals surface area contributed by atoms with Gasteiger partial charge in [-0.25, -0.2) is 8.42 Å². The summed E-state index contributed by atoms with van der Waals surface area (Å²) in [6.45, 7) is 1.59. The smallest absolute Gasteiger partial charge is 0.257 e. The second-order valence-electron chi connectivity index (χ2n) is 7.71. The maximum Gasteiger partial charge on any atom is 0.257 e. The summed E-state index contributed by atoms with van der Waals surface area (Å²) in [5.74, 6) is -0.975. The minimum Gasteiger partial charge on any atom is -0.383 e. The summed E-state index contributed by atoms with van der Waals surface area (Å²) in [5, 5.41) is 5.51. The monoisotopic (exact) mass is 493 g/mol. The van der Waals surface area contributed by atoms with Gasteiger partial charge in [-0.2, -0.15) is 4.31 Å². The van der Waals surface area contributed by atoms with E-state index in [1.807, 2.05) is 0 Å². The van der Waals surface area contributed by atoms with Crippen molar-refractivity contribution < 1.29 is 22.7 Å². The zero-order valence-electron chi connectivity index (χ0n) is 18.5. The molecule has 0 aliphatic carbocycles. The average Bonchev–Trinajstić information content (AvgIpc) is 3.10. The van der Waals surface area contributed by atoms with Gasteiger partial charge in [-0.15, -0.1) is 0 Å². The molecule has 1 aliphatic rings. The molecule has 2 aromatic carbocycles. The summed E-state index contributed by atoms with van der Waals surface area (Å²) >= 11 is 6.24. The molecule has 0 unspecified atom stereocenters. The molecular weight excluding hydrogens is 466 g/mol. The summed E-state index contributed by atoms with van der Waals surface area (Å²) in [7, 11) is -2.21. The Morgan fingerprint density at radius 3 is 2.39 bits per heavy atom. The lowest BCUT2D eigenvalue weighted by Crippen LogP contribution is -2.32. The molecule has 10 heteroatoms. The normalized spacial score (nSPS) is 15.0. The lowest BCUT2D eigenvalue weighted by Gasteiger charge is -2.20. The van der Waals surface area contributed by atoms with Crippen LogP contribution in [0.1, 0.15) is 46.4 Å². The Morgan fingerprint density at radius 1 is 1.00 bits per heavy atom. The highest BCUT2D eigenvalue weighted by Crippen LogP contribution is 2.26. The number of carbonyl (C=O) groups excluding carboxylic acids is 2. The third-order valence-electron chi connectivity index (χ3n) is 5.40. The molecule has 1 saturated heterocycles. The number of rotatable bonds is 8. The zero-order chi connectivity index (χ0) is 23.8. The van der Waals surface area contributed by atoms with Gasteiger partial charge in [-0.05, 0) is 43.2 Å². The van der Waals surface area contributed by atoms with Crippen molar-refractivity contribution in [3.63, 3.8) is 0 Å². The number of benzene rings is 2. The standard InChI is InChI=1S/C23H28ClN3O5S/c1-32-15-12-25-22(28)18-8-4-5-9-21(18)26-23(29)19-16-17(10-11-20(19)24)33(30,31)27-13-6-2-3-7-14-27/h4-5,8-11,16H,2-3,6-7,12-15H2,1H3,(H,25,28)(H,26,29). The molecule has 1 aliphatic heterocycles. The summed E-state index contributed by atoms with van der Waals surface area (Å²) in [5.41, 5.74) is 0.572. The van der Waals surface area contributed by atoms with Crippen LogP contribution >= 0.6 is 11.6 Å². The van der Waals surface area contributed by atoms with Gasteiger partial charge in [0.25, 0.3) is 11.8 Å². The first-order valence-corrected chi connectivity index (χ1v) is 12.6. The number of para-hydroxylation sites is 1. The molecule has 8 nitrogen and oxygen atoms in total. The molecule has 178 valence electrons. The van der Waals surface area contributed by atoms with Crippen LogP contribution in [0.5, 0.6) is 0 Å². The maximum atomic E-state index is 13.1. The van der Waals surface area contributed by atoms with Crippen molar-refractivity contribution in [2.45, 2.75) is 30.6 Å². The predicted octanol–water partition coefficient (Wildman–Crippen LogP) is 3.53. The number of carbonyl (C=O) groups is 2. The van der Waals surface area contributed by atoms with Crippen molar-refractivity contribution in [3.05, 3.63) is 58.6 Å². The number of hydrogen-bond acceptors (Lipinski definition) is 5. The van der Waals surface area contributed by atoms with Crippen molar-refractivity contribution in [2.24, 2.45) is 0 Å². The lowest BCUT2D eigenvalue weighted by molar-refractivity contribution is 0.0938. The average molecular weight is 494 g/mol. The largest absolute Gasteiger partial charge is 0.383 e. The van der Waals surface area contributed by atoms with Crippen LogP contribution in [0, 0.1) is 0 Å². The first-order valence-electron chi connectivity index (χ1n) is 10.8. The Balaban J connectivity index is 1.83. The second-order valence-corrected chi connectivity index (χ2v) is 10.1. The molecule has 0 spiro atoms. The molecule has 1 fully saturated rings. The first-order chi connectivity index (χ1) is 15.8. The van der Waals surface area contributed by atoms with Crippen molar-refractivity contribution >= 4 is 39.1 Å². The number of ether oxygens (including phenoxy) is 1. The molecule has 3 rings (SSSR count). The molecule has 0 aromatic heterocycles. The van der Waals surface area contributed by atoms with E-state index >= 15 is 0 Å². The van der Waals surface area contributed by atoms with E-state index in [9.17, 15) is 18.0 Å². The highest BCUT2D eigenvalue weighted by molar-refractivity contribution is 7.89. The van der Waals surface area contributed by atoms with Gasteiger partial charge in [0.2, 0.25) is 10.0 Å². The molecule has 0 bridgehead atoms. The van der Waals surface area contributed by atoms with Crippen LogP contribution in [0.15, 0.2) is 47.4 Å². The minimum absolute atomic E-state index is 0.0159. The molecule has 0 radical (unpaired) electrons. The molecule has 33 heavy (non-hydrogen) atoms. The van der Waals surface area contributed by atoms with E-state index in [1.165, 1.54) is 29.6 Å². The van der Waals surface area contributed by atoms with Crippen LogP contribution in [0.25, 0.3) is 0 Å². The van der Waals surface area contributed by atoms with Crippen LogP contribution in [0.3, 0.4) is 0 Å². The molecule has 2 aromatic rings. The van der Waals surface area contributed by atoms with Gasteiger partial charge in [-0.1, -0.05) is 36.6 Å². The van der Waals surface area contributed by atoms with Crippen LogP contribution < -0.4 is 10.6 Å². The molecule has 2 amide bonds. The Bertz CT molecular complexity index is 1100. The fourth-order valence-electron chi connectivity index (χ4n) is 3.61. The quantitative estimate of drug-likeness (QED) is 0.547. The third kappa shape index (κ3) is 6.32. The van der Waals surface area contributed by atoms with E-state index in [2.05, 4.69) is 10.6 Å². The number of sulfonamides is 1. The fourth-order valence-corrected chi connectivity index (χ4v) is 5.36. The number of hydrogen-bond donors (Lipinski definition) is 2. The highest BCUT2D eigenvalue weighted by atomic mass is 35.5. The number of nitrogens with zero attached hydrogens (tertiary/aromatic N) is 1. The number of halogens is 1. The summed E-state index contributed by atoms with van der Waals surface area (Å²) in [4.78, 5) is 25.5. The number of amides is 2. The number of methoxy groups -OCH3 is 1. The first kappa shape index (κ1) is 25.2. The summed E-state index contributed by atoms with van der Waals surface area (Å²) in [6, 6.07) is 10.7. The van der Waals surface area contributed by atoms with E-state index in [4.69, 9.17) is 16.3 Å². The number of nitrogens with one attached hydrogen (secondary N) is 2. The van der Waals surface area contributed by atoms with Gasteiger partial charge in [0, 0.05) is 26.7 Å². The zero-order valence-corrected chi connectivity index (χ0v) is 20.0. The van der Waals surface area contributed by atoms with Crippen LogP contribution in [-0.2, 0) is 14.8 Å². The molecule has 2 N–H and O–H groups in total. The Hall–Kier alpha value is -2.46. The highest BCUT2D eigenvalue weighted by Gasteiger charge is 2.27. The molecule has 1 heterocycles. The predicted molar refractivity (Wildman–Crippen MR) is 127 cm³/mol. The van der Waals surface area contributed by atoms with Gasteiger partial charge in [0.05, 0.1) is 33.3 Å². The van der Waals surface area contributed by atoms with Gasteiger partial charge in [0.1, 0.15) is 0 Å². The van der Waals surface area contributed by atoms with Crippen molar-refractivity contribution in [1.82, 2.24) is 9.62 Å². The van der Waals surface area contributed by atoms with Crippen LogP contribution in [0.2, 0.25) is 5.02 Å². The SMILES string of the molecule is COCCNC(=O)c1ccccc1NC(=O)c1cc(S(=O)(=O)N2CCCCCC2)ccc1Cl. The van der Waals surface area contributed by atoms with E-state index in [0.717, 1.165) is 25.7 Å². The van der Waals surface area contributed by atoms with Gasteiger partial charge < -0.3 is 15.4 Å². The van der Waals surface area contributed by atoms with Crippen molar-refractivity contribution in [1.29, 1.82) is 0 Å². The van der Waals surface area contributed by atoms with E-state index in [-0.39, 0.29) is 32.6 Å². The Morgan fingerprint density at radius 2 is 1.70 bits per heavy atom. The van der Waals surface area contributed by atoms with E-state index in [0.29, 0.717) is 26.2 Å². The van der Waals surface area contributed by atoms with E-state index in [1.54, 1.807) is 24.3 Å². The number of anilines is 1. The molecule has 0 saturated carbocycles. The van der Waals surface area contributed by atoms with Crippen molar-refractivity contribution in [2.75, 3.05) is 38.7 Å². The maximum absolute atomic E-state index is 13.1. The minimum atomic E-state index is -3.75. The third-order valence-corrected chi connectivity index (χ3v) is 7.62. The van der Waals surface area contributed by atoms with Gasteiger partial charge in [-0.3, -0.25) is 9.59 Å². The Labute approximate surface area is 199 Å². The lowest BCUT2D eigenvalue weighted by atomic mass is 10.1. The second kappa shape index (κ2) is 11.6. The van der Waals surface area contributed by atoms with Crippen LogP contribution in [-0.4, -0.2) is 57.9 Å². The summed E-state index contributed by atoms with van der Waals surface area (Å²) < 4.78 is 32.7. The molecule has 0 atom stereocenters. The molecular formula is C23H28ClN3O5S. The van der Waals surface area contributed by atoms with Gasteiger partial charge >= 0.3 is 0 Å².